The molecule has 0 aliphatic carbocycles. The van der Waals surface area contributed by atoms with Crippen LogP contribution in [-0.2, 0) is 16.4 Å². The van der Waals surface area contributed by atoms with E-state index in [2.05, 4.69) is 0 Å². The summed E-state index contributed by atoms with van der Waals surface area (Å²) in [5, 5.41) is 0.480. The van der Waals surface area contributed by atoms with Crippen molar-refractivity contribution in [3.05, 3.63) is 82.9 Å². The van der Waals surface area contributed by atoms with Crippen LogP contribution in [0.1, 0.15) is 15.9 Å². The minimum Gasteiger partial charge on any atom is -0.490 e. The van der Waals surface area contributed by atoms with E-state index in [0.717, 1.165) is 11.3 Å². The predicted molar refractivity (Wildman–Crippen MR) is 120 cm³/mol. The van der Waals surface area contributed by atoms with E-state index < -0.39 is 10.0 Å². The van der Waals surface area contributed by atoms with E-state index in [1.165, 1.54) is 16.4 Å². The molecule has 3 aromatic rings. The van der Waals surface area contributed by atoms with Gasteiger partial charge in [-0.3, -0.25) is 9.10 Å². The minimum absolute atomic E-state index is 0.127. The Hall–Kier alpha value is -3.03. The Labute approximate surface area is 185 Å². The Morgan fingerprint density at radius 3 is 2.52 bits per heavy atom. The number of hydrogen-bond donors (Lipinski definition) is 0. The summed E-state index contributed by atoms with van der Waals surface area (Å²) >= 11 is 5.89. The molecule has 8 heteroatoms. The second kappa shape index (κ2) is 7.59. The van der Waals surface area contributed by atoms with E-state index >= 15 is 0 Å². The van der Waals surface area contributed by atoms with E-state index in [1.807, 2.05) is 24.3 Å². The van der Waals surface area contributed by atoms with Gasteiger partial charge in [0.15, 0.2) is 0 Å². The molecular weight excluding hydrogens is 436 g/mol. The summed E-state index contributed by atoms with van der Waals surface area (Å²) in [5.41, 5.74) is 2.71. The van der Waals surface area contributed by atoms with E-state index in [1.54, 1.807) is 35.2 Å². The first kappa shape index (κ1) is 19.9. The van der Waals surface area contributed by atoms with Crippen molar-refractivity contribution in [1.29, 1.82) is 0 Å². The number of para-hydroxylation sites is 2. The molecule has 0 unspecified atom stereocenters. The number of rotatable bonds is 3. The Balaban J connectivity index is 1.45. The zero-order valence-electron chi connectivity index (χ0n) is 16.5. The normalized spacial score (nSPS) is 15.3. The van der Waals surface area contributed by atoms with E-state index in [-0.39, 0.29) is 10.8 Å². The van der Waals surface area contributed by atoms with E-state index in [9.17, 15) is 13.2 Å². The monoisotopic (exact) mass is 454 g/mol. The zero-order chi connectivity index (χ0) is 21.6. The summed E-state index contributed by atoms with van der Waals surface area (Å²) in [6, 6.07) is 18.8. The number of benzene rings is 3. The SMILES string of the molecule is O=C(c1ccc2c(c1)CCN2S(=O)(=O)c1ccc(Cl)cc1)N1CCOc2ccccc21. The average molecular weight is 455 g/mol. The lowest BCUT2D eigenvalue weighted by molar-refractivity contribution is 0.0976. The second-order valence-electron chi connectivity index (χ2n) is 7.40. The summed E-state index contributed by atoms with van der Waals surface area (Å²) in [5.74, 6) is 0.557. The van der Waals surface area contributed by atoms with Crippen LogP contribution >= 0.6 is 11.6 Å². The van der Waals surface area contributed by atoms with Gasteiger partial charge in [-0.05, 0) is 66.6 Å². The van der Waals surface area contributed by atoms with Crippen LogP contribution in [0.15, 0.2) is 71.6 Å². The number of carbonyl (C=O) groups is 1. The first-order chi connectivity index (χ1) is 14.9. The molecule has 0 atom stereocenters. The molecule has 0 bridgehead atoms. The fraction of sp³-hybridized carbons (Fsp3) is 0.174. The predicted octanol–water partition coefficient (Wildman–Crippen LogP) is 4.13. The fourth-order valence-electron chi connectivity index (χ4n) is 4.02. The van der Waals surface area contributed by atoms with Crippen LogP contribution in [0, 0.1) is 0 Å². The van der Waals surface area contributed by atoms with Crippen LogP contribution in [-0.4, -0.2) is 34.0 Å². The molecule has 0 radical (unpaired) electrons. The number of sulfonamides is 1. The number of ether oxygens (including phenoxy) is 1. The summed E-state index contributed by atoms with van der Waals surface area (Å²) in [6.07, 6.45) is 0.545. The van der Waals surface area contributed by atoms with Gasteiger partial charge in [0.05, 0.1) is 22.8 Å². The maximum absolute atomic E-state index is 13.2. The minimum atomic E-state index is -3.70. The maximum Gasteiger partial charge on any atom is 0.264 e. The van der Waals surface area contributed by atoms with Crippen LogP contribution in [0.4, 0.5) is 11.4 Å². The fourth-order valence-corrected chi connectivity index (χ4v) is 5.65. The van der Waals surface area contributed by atoms with Gasteiger partial charge in [-0.15, -0.1) is 0 Å². The van der Waals surface area contributed by atoms with Crippen LogP contribution in [0.5, 0.6) is 5.75 Å². The van der Waals surface area contributed by atoms with Crippen LogP contribution in [0.2, 0.25) is 5.02 Å². The average Bonchev–Trinajstić information content (AvgIpc) is 3.23. The summed E-state index contributed by atoms with van der Waals surface area (Å²) in [6.45, 7) is 1.23. The highest BCUT2D eigenvalue weighted by Gasteiger charge is 2.32. The third-order valence-corrected chi connectivity index (χ3v) is 7.63. The molecule has 0 saturated heterocycles. The lowest BCUT2D eigenvalue weighted by Crippen LogP contribution is -2.38. The smallest absolute Gasteiger partial charge is 0.264 e. The molecule has 2 aliphatic rings. The van der Waals surface area contributed by atoms with Gasteiger partial charge in [-0.1, -0.05) is 23.7 Å². The standard InChI is InChI=1S/C23H19ClN2O4S/c24-18-6-8-19(9-7-18)31(28,29)26-12-11-16-15-17(5-10-20(16)26)23(27)25-13-14-30-22-4-2-1-3-21(22)25/h1-10,15H,11-14H2. The third-order valence-electron chi connectivity index (χ3n) is 5.55. The first-order valence-corrected chi connectivity index (χ1v) is 11.7. The molecule has 5 rings (SSSR count). The van der Waals surface area contributed by atoms with Crippen molar-refractivity contribution < 1.29 is 17.9 Å². The van der Waals surface area contributed by atoms with Gasteiger partial charge in [-0.2, -0.15) is 0 Å². The Morgan fingerprint density at radius 2 is 1.71 bits per heavy atom. The summed E-state index contributed by atoms with van der Waals surface area (Å²) in [4.78, 5) is 15.1. The quantitative estimate of drug-likeness (QED) is 0.596. The maximum atomic E-state index is 13.2. The molecule has 0 fully saturated rings. The van der Waals surface area contributed by atoms with Crippen molar-refractivity contribution in [2.75, 3.05) is 28.9 Å². The molecule has 0 aromatic heterocycles. The molecule has 31 heavy (non-hydrogen) atoms. The molecule has 1 amide bonds. The molecule has 0 spiro atoms. The van der Waals surface area contributed by atoms with Gasteiger partial charge in [-0.25, -0.2) is 8.42 Å². The Morgan fingerprint density at radius 1 is 0.935 bits per heavy atom. The number of anilines is 2. The van der Waals surface area contributed by atoms with Crippen molar-refractivity contribution in [2.45, 2.75) is 11.3 Å². The first-order valence-electron chi connectivity index (χ1n) is 9.90. The number of amides is 1. The second-order valence-corrected chi connectivity index (χ2v) is 9.70. The van der Waals surface area contributed by atoms with Gasteiger partial charge in [0, 0.05) is 17.1 Å². The third kappa shape index (κ3) is 3.43. The largest absolute Gasteiger partial charge is 0.490 e. The molecule has 0 saturated carbocycles. The molecule has 3 aromatic carbocycles. The highest BCUT2D eigenvalue weighted by atomic mass is 35.5. The summed E-state index contributed by atoms with van der Waals surface area (Å²) in [7, 11) is -3.70. The Bertz CT molecular complexity index is 1270. The van der Waals surface area contributed by atoms with E-state index in [4.69, 9.17) is 16.3 Å². The zero-order valence-corrected chi connectivity index (χ0v) is 18.1. The van der Waals surface area contributed by atoms with Crippen molar-refractivity contribution in [3.63, 3.8) is 0 Å². The highest BCUT2D eigenvalue weighted by Crippen LogP contribution is 2.36. The van der Waals surface area contributed by atoms with Crippen molar-refractivity contribution in [2.24, 2.45) is 0 Å². The molecule has 158 valence electrons. The number of hydrogen-bond acceptors (Lipinski definition) is 4. The van der Waals surface area contributed by atoms with Crippen molar-refractivity contribution >= 4 is 38.9 Å². The number of nitrogens with zero attached hydrogens (tertiary/aromatic N) is 2. The number of fused-ring (bicyclic) bond motifs is 2. The van der Waals surface area contributed by atoms with Gasteiger partial charge >= 0.3 is 0 Å². The number of halogens is 1. The van der Waals surface area contributed by atoms with Crippen molar-refractivity contribution in [1.82, 2.24) is 0 Å². The molecule has 0 N–H and O–H groups in total. The molecule has 2 aliphatic heterocycles. The Kier molecular flexibility index (Phi) is 4.87. The lowest BCUT2D eigenvalue weighted by atomic mass is 10.1. The molecule has 2 heterocycles. The van der Waals surface area contributed by atoms with Crippen LogP contribution in [0.3, 0.4) is 0 Å². The van der Waals surface area contributed by atoms with Gasteiger partial charge in [0.1, 0.15) is 12.4 Å². The molecular formula is C23H19ClN2O4S. The van der Waals surface area contributed by atoms with E-state index in [0.29, 0.717) is 48.1 Å². The van der Waals surface area contributed by atoms with Crippen molar-refractivity contribution in [3.8, 4) is 5.75 Å². The van der Waals surface area contributed by atoms with Gasteiger partial charge < -0.3 is 9.64 Å². The van der Waals surface area contributed by atoms with Gasteiger partial charge in [0.25, 0.3) is 15.9 Å². The topological polar surface area (TPSA) is 66.9 Å². The highest BCUT2D eigenvalue weighted by molar-refractivity contribution is 7.92. The number of carbonyl (C=O) groups excluding carboxylic acids is 1. The van der Waals surface area contributed by atoms with Gasteiger partial charge in [0.2, 0.25) is 0 Å². The summed E-state index contributed by atoms with van der Waals surface area (Å²) < 4.78 is 33.2. The van der Waals surface area contributed by atoms with Crippen LogP contribution in [0.25, 0.3) is 0 Å². The lowest BCUT2D eigenvalue weighted by Gasteiger charge is -2.29. The van der Waals surface area contributed by atoms with Crippen LogP contribution < -0.4 is 13.9 Å². The molecule has 6 nitrogen and oxygen atoms in total.